The van der Waals surface area contributed by atoms with Crippen LogP contribution in [0, 0.1) is 25.2 Å². The number of hydrogen-bond acceptors (Lipinski definition) is 6. The number of benzene rings is 1. The second kappa shape index (κ2) is 8.19. The van der Waals surface area contributed by atoms with Crippen molar-refractivity contribution in [2.75, 3.05) is 38.2 Å². The lowest BCUT2D eigenvalue weighted by atomic mass is 10.1. The van der Waals surface area contributed by atoms with Crippen LogP contribution in [-0.2, 0) is 11.3 Å². The topological polar surface area (TPSA) is 69.5 Å². The Morgan fingerprint density at radius 1 is 1.19 bits per heavy atom. The molecule has 0 amide bonds. The lowest BCUT2D eigenvalue weighted by Crippen LogP contribution is -2.46. The van der Waals surface area contributed by atoms with Crippen LogP contribution in [0.25, 0.3) is 0 Å². The molecule has 1 aromatic heterocycles. The maximum Gasteiger partial charge on any atom is 0.356 e. The quantitative estimate of drug-likeness (QED) is 0.777. The molecule has 2 heterocycles. The smallest absolute Gasteiger partial charge is 0.356 e. The molecule has 0 radical (unpaired) electrons. The van der Waals surface area contributed by atoms with E-state index < -0.39 is 5.97 Å². The molecule has 6 heteroatoms. The van der Waals surface area contributed by atoms with Crippen molar-refractivity contribution >= 4 is 11.7 Å². The number of pyridine rings is 1. The fourth-order valence-corrected chi connectivity index (χ4v) is 3.45. The third-order valence-electron chi connectivity index (χ3n) is 5.00. The van der Waals surface area contributed by atoms with Gasteiger partial charge in [0.2, 0.25) is 0 Å². The second-order valence-electron chi connectivity index (χ2n) is 6.80. The summed E-state index contributed by atoms with van der Waals surface area (Å²) in [7, 11) is 1.38. The summed E-state index contributed by atoms with van der Waals surface area (Å²) < 4.78 is 4.84. The summed E-state index contributed by atoms with van der Waals surface area (Å²) in [6.45, 7) is 8.06. The van der Waals surface area contributed by atoms with Gasteiger partial charge in [0.15, 0.2) is 5.69 Å². The molecule has 1 aromatic carbocycles. The van der Waals surface area contributed by atoms with Gasteiger partial charge in [-0.05, 0) is 37.1 Å². The van der Waals surface area contributed by atoms with E-state index in [1.807, 2.05) is 44.2 Å². The number of aromatic nitrogens is 1. The zero-order chi connectivity index (χ0) is 19.4. The van der Waals surface area contributed by atoms with E-state index in [9.17, 15) is 10.1 Å². The summed E-state index contributed by atoms with van der Waals surface area (Å²) in [5, 5.41) is 9.31. The number of methoxy groups -OCH3 is 1. The maximum atomic E-state index is 11.9. The van der Waals surface area contributed by atoms with Crippen LogP contribution in [0.4, 0.5) is 5.69 Å². The Hall–Kier alpha value is -2.91. The Morgan fingerprint density at radius 3 is 2.56 bits per heavy atom. The van der Waals surface area contributed by atoms with Gasteiger partial charge in [-0.1, -0.05) is 18.2 Å². The number of carbonyl (C=O) groups excluding carboxylic acids is 1. The number of hydrogen-bond donors (Lipinski definition) is 0. The SMILES string of the molecule is COC(=O)c1nc(CN2CCN(c3ccccc3C#N)CC2)c(C)cc1C. The van der Waals surface area contributed by atoms with E-state index in [2.05, 4.69) is 20.9 Å². The number of ether oxygens (including phenoxy) is 1. The van der Waals surface area contributed by atoms with Gasteiger partial charge in [0.1, 0.15) is 6.07 Å². The Morgan fingerprint density at radius 2 is 1.89 bits per heavy atom. The number of nitrogens with zero attached hydrogens (tertiary/aromatic N) is 4. The van der Waals surface area contributed by atoms with Crippen LogP contribution < -0.4 is 4.90 Å². The van der Waals surface area contributed by atoms with Crippen LogP contribution in [0.1, 0.15) is 32.9 Å². The first-order valence-corrected chi connectivity index (χ1v) is 9.05. The Labute approximate surface area is 160 Å². The zero-order valence-corrected chi connectivity index (χ0v) is 16.0. The highest BCUT2D eigenvalue weighted by Crippen LogP contribution is 2.22. The molecule has 1 saturated heterocycles. The van der Waals surface area contributed by atoms with Crippen LogP contribution >= 0.6 is 0 Å². The van der Waals surface area contributed by atoms with Gasteiger partial charge < -0.3 is 9.64 Å². The van der Waals surface area contributed by atoms with Gasteiger partial charge in [-0.2, -0.15) is 5.26 Å². The molecule has 140 valence electrons. The molecular weight excluding hydrogens is 340 g/mol. The van der Waals surface area contributed by atoms with E-state index in [0.29, 0.717) is 17.8 Å². The largest absolute Gasteiger partial charge is 0.464 e. The standard InChI is InChI=1S/C21H24N4O2/c1-15-12-16(2)20(21(26)27-3)23-18(15)14-24-8-10-25(11-9-24)19-7-5-4-6-17(19)13-22/h4-7,12H,8-11,14H2,1-3H3. The lowest BCUT2D eigenvalue weighted by molar-refractivity contribution is 0.0592. The van der Waals surface area contributed by atoms with Gasteiger partial charge in [0.25, 0.3) is 0 Å². The number of para-hydroxylation sites is 1. The van der Waals surface area contributed by atoms with Crippen molar-refractivity contribution in [1.82, 2.24) is 9.88 Å². The maximum absolute atomic E-state index is 11.9. The van der Waals surface area contributed by atoms with E-state index in [-0.39, 0.29) is 0 Å². The molecule has 0 spiro atoms. The number of esters is 1. The van der Waals surface area contributed by atoms with Crippen molar-refractivity contribution in [3.05, 3.63) is 58.4 Å². The molecule has 1 fully saturated rings. The number of anilines is 1. The summed E-state index contributed by atoms with van der Waals surface area (Å²) >= 11 is 0. The number of rotatable bonds is 4. The van der Waals surface area contributed by atoms with Gasteiger partial charge in [0, 0.05) is 32.7 Å². The van der Waals surface area contributed by atoms with Crippen LogP contribution in [0.15, 0.2) is 30.3 Å². The van der Waals surface area contributed by atoms with E-state index in [0.717, 1.165) is 48.7 Å². The Bertz CT molecular complexity index is 880. The molecule has 0 bridgehead atoms. The van der Waals surface area contributed by atoms with Crippen molar-refractivity contribution in [1.29, 1.82) is 5.26 Å². The fourth-order valence-electron chi connectivity index (χ4n) is 3.45. The minimum absolute atomic E-state index is 0.389. The number of aryl methyl sites for hydroxylation is 2. The third kappa shape index (κ3) is 4.09. The number of carbonyl (C=O) groups is 1. The van der Waals surface area contributed by atoms with Crippen LogP contribution in [0.3, 0.4) is 0 Å². The predicted molar refractivity (Wildman–Crippen MR) is 104 cm³/mol. The van der Waals surface area contributed by atoms with Gasteiger partial charge in [-0.25, -0.2) is 9.78 Å². The molecule has 2 aromatic rings. The van der Waals surface area contributed by atoms with Crippen LogP contribution in [-0.4, -0.2) is 49.1 Å². The molecule has 0 aliphatic carbocycles. The first-order valence-electron chi connectivity index (χ1n) is 9.05. The molecule has 1 aliphatic heterocycles. The summed E-state index contributed by atoms with van der Waals surface area (Å²) in [6.07, 6.45) is 0. The zero-order valence-electron chi connectivity index (χ0n) is 16.0. The third-order valence-corrected chi connectivity index (χ3v) is 5.00. The molecule has 1 aliphatic rings. The molecular formula is C21H24N4O2. The fraction of sp³-hybridized carbons (Fsp3) is 0.381. The van der Waals surface area contributed by atoms with Gasteiger partial charge in [-0.15, -0.1) is 0 Å². The summed E-state index contributed by atoms with van der Waals surface area (Å²) in [4.78, 5) is 21.1. The van der Waals surface area contributed by atoms with Crippen LogP contribution in [0.5, 0.6) is 0 Å². The first-order chi connectivity index (χ1) is 13.0. The monoisotopic (exact) mass is 364 g/mol. The van der Waals surface area contributed by atoms with Gasteiger partial charge >= 0.3 is 5.97 Å². The van der Waals surface area contributed by atoms with Crippen molar-refractivity contribution < 1.29 is 9.53 Å². The van der Waals surface area contributed by atoms with Crippen molar-refractivity contribution in [2.45, 2.75) is 20.4 Å². The molecule has 0 saturated carbocycles. The van der Waals surface area contributed by atoms with Crippen molar-refractivity contribution in [3.8, 4) is 6.07 Å². The van der Waals surface area contributed by atoms with E-state index >= 15 is 0 Å². The average molecular weight is 364 g/mol. The van der Waals surface area contributed by atoms with E-state index in [1.54, 1.807) is 0 Å². The normalized spacial score (nSPS) is 14.7. The Kier molecular flexibility index (Phi) is 5.72. The number of piperazine rings is 1. The van der Waals surface area contributed by atoms with Crippen molar-refractivity contribution in [3.63, 3.8) is 0 Å². The predicted octanol–water partition coefficient (Wildman–Crippen LogP) is 2.68. The van der Waals surface area contributed by atoms with E-state index in [1.165, 1.54) is 7.11 Å². The highest BCUT2D eigenvalue weighted by atomic mass is 16.5. The molecule has 0 unspecified atom stereocenters. The van der Waals surface area contributed by atoms with Crippen molar-refractivity contribution in [2.24, 2.45) is 0 Å². The summed E-state index contributed by atoms with van der Waals surface area (Å²) in [5.41, 5.74) is 4.92. The average Bonchev–Trinajstić information content (AvgIpc) is 2.70. The molecule has 0 N–H and O–H groups in total. The number of nitriles is 1. The molecule has 3 rings (SSSR count). The molecule has 0 atom stereocenters. The minimum atomic E-state index is -0.397. The molecule has 6 nitrogen and oxygen atoms in total. The second-order valence-corrected chi connectivity index (χ2v) is 6.80. The van der Waals surface area contributed by atoms with Gasteiger partial charge in [-0.3, -0.25) is 4.90 Å². The minimum Gasteiger partial charge on any atom is -0.464 e. The highest BCUT2D eigenvalue weighted by Gasteiger charge is 2.21. The summed E-state index contributed by atoms with van der Waals surface area (Å²) in [6, 6.07) is 12.0. The lowest BCUT2D eigenvalue weighted by Gasteiger charge is -2.36. The Balaban J connectivity index is 1.69. The van der Waals surface area contributed by atoms with E-state index in [4.69, 9.17) is 4.74 Å². The highest BCUT2D eigenvalue weighted by molar-refractivity contribution is 5.88. The van der Waals surface area contributed by atoms with Gasteiger partial charge in [0.05, 0.1) is 24.1 Å². The van der Waals surface area contributed by atoms with Crippen LogP contribution in [0.2, 0.25) is 0 Å². The molecule has 27 heavy (non-hydrogen) atoms. The summed E-state index contributed by atoms with van der Waals surface area (Å²) in [5.74, 6) is -0.397. The first kappa shape index (κ1) is 18.9.